The Hall–Kier alpha value is -2.50. The Kier molecular flexibility index (Phi) is 3.77. The second-order valence-corrected chi connectivity index (χ2v) is 4.68. The highest BCUT2D eigenvalue weighted by Gasteiger charge is 2.32. The first kappa shape index (κ1) is 13.5. The summed E-state index contributed by atoms with van der Waals surface area (Å²) < 4.78 is 16.4. The van der Waals surface area contributed by atoms with Crippen LogP contribution in [0.1, 0.15) is 0 Å². The highest BCUT2D eigenvalue weighted by atomic mass is 16.5. The predicted molar refractivity (Wildman–Crippen MR) is 78.2 cm³/mol. The standard InChI is InChI=1S/C15H17N3O3/c1-19-12-5-3-4-6-13(12)21-11-9-18(10-11)14-15(20-2)17-8-7-16-14/h3-8,11H,9-10H2,1-2H3. The number of benzene rings is 1. The molecule has 1 fully saturated rings. The number of rotatable bonds is 5. The molecule has 0 atom stereocenters. The van der Waals surface area contributed by atoms with Crippen molar-refractivity contribution in [3.8, 4) is 17.4 Å². The van der Waals surface area contributed by atoms with E-state index in [1.807, 2.05) is 24.3 Å². The highest BCUT2D eigenvalue weighted by Crippen LogP contribution is 2.31. The molecule has 1 aromatic heterocycles. The lowest BCUT2D eigenvalue weighted by atomic mass is 10.1. The van der Waals surface area contributed by atoms with Crippen molar-refractivity contribution in [3.05, 3.63) is 36.7 Å². The molecule has 3 rings (SSSR count). The molecule has 0 unspecified atom stereocenters. The Morgan fingerprint density at radius 1 is 1.00 bits per heavy atom. The molecule has 0 spiro atoms. The maximum Gasteiger partial charge on any atom is 0.257 e. The summed E-state index contributed by atoms with van der Waals surface area (Å²) in [7, 11) is 3.23. The van der Waals surface area contributed by atoms with Gasteiger partial charge in [-0.3, -0.25) is 0 Å². The fourth-order valence-corrected chi connectivity index (χ4v) is 2.26. The van der Waals surface area contributed by atoms with Gasteiger partial charge in [0.1, 0.15) is 6.10 Å². The van der Waals surface area contributed by atoms with Gasteiger partial charge in [0.15, 0.2) is 17.3 Å². The third kappa shape index (κ3) is 2.69. The van der Waals surface area contributed by atoms with Gasteiger partial charge in [-0.05, 0) is 12.1 Å². The van der Waals surface area contributed by atoms with Gasteiger partial charge in [0.05, 0.1) is 27.3 Å². The van der Waals surface area contributed by atoms with E-state index < -0.39 is 0 Å². The lowest BCUT2D eigenvalue weighted by Crippen LogP contribution is -2.54. The minimum absolute atomic E-state index is 0.105. The molecule has 0 bridgehead atoms. The van der Waals surface area contributed by atoms with Gasteiger partial charge in [0.2, 0.25) is 0 Å². The molecule has 21 heavy (non-hydrogen) atoms. The number of anilines is 1. The number of methoxy groups -OCH3 is 2. The van der Waals surface area contributed by atoms with Gasteiger partial charge in [0.25, 0.3) is 5.88 Å². The molecule has 6 nitrogen and oxygen atoms in total. The average molecular weight is 287 g/mol. The molecule has 1 aliphatic heterocycles. The minimum Gasteiger partial charge on any atom is -0.493 e. The third-order valence-electron chi connectivity index (χ3n) is 3.35. The topological polar surface area (TPSA) is 56.7 Å². The molecule has 1 aliphatic rings. The minimum atomic E-state index is 0.105. The number of hydrogen-bond acceptors (Lipinski definition) is 6. The van der Waals surface area contributed by atoms with Crippen molar-refractivity contribution in [1.29, 1.82) is 0 Å². The van der Waals surface area contributed by atoms with Crippen LogP contribution in [0.3, 0.4) is 0 Å². The zero-order valence-electron chi connectivity index (χ0n) is 12.0. The number of ether oxygens (including phenoxy) is 3. The number of nitrogens with zero attached hydrogens (tertiary/aromatic N) is 3. The number of para-hydroxylation sites is 2. The molecule has 2 heterocycles. The van der Waals surface area contributed by atoms with Crippen LogP contribution in [0.2, 0.25) is 0 Å². The summed E-state index contributed by atoms with van der Waals surface area (Å²) >= 11 is 0. The van der Waals surface area contributed by atoms with Gasteiger partial charge in [-0.25, -0.2) is 9.97 Å². The summed E-state index contributed by atoms with van der Waals surface area (Å²) in [5, 5.41) is 0. The first-order valence-corrected chi connectivity index (χ1v) is 6.71. The second-order valence-electron chi connectivity index (χ2n) is 4.68. The van der Waals surface area contributed by atoms with E-state index in [0.717, 1.165) is 30.4 Å². The monoisotopic (exact) mass is 287 g/mol. The van der Waals surface area contributed by atoms with E-state index in [4.69, 9.17) is 14.2 Å². The van der Waals surface area contributed by atoms with Gasteiger partial charge in [-0.2, -0.15) is 0 Å². The van der Waals surface area contributed by atoms with Crippen molar-refractivity contribution in [2.45, 2.75) is 6.10 Å². The van der Waals surface area contributed by atoms with Crippen LogP contribution in [0.25, 0.3) is 0 Å². The Bertz CT molecular complexity index is 615. The maximum atomic E-state index is 5.94. The molecular weight excluding hydrogens is 270 g/mol. The first-order valence-electron chi connectivity index (χ1n) is 6.71. The van der Waals surface area contributed by atoms with Crippen molar-refractivity contribution < 1.29 is 14.2 Å². The van der Waals surface area contributed by atoms with Gasteiger partial charge >= 0.3 is 0 Å². The van der Waals surface area contributed by atoms with Crippen LogP contribution >= 0.6 is 0 Å². The summed E-state index contributed by atoms with van der Waals surface area (Å²) in [5.74, 6) is 2.79. The van der Waals surface area contributed by atoms with Crippen molar-refractivity contribution in [2.24, 2.45) is 0 Å². The quantitative estimate of drug-likeness (QED) is 0.835. The van der Waals surface area contributed by atoms with E-state index in [1.54, 1.807) is 26.6 Å². The lowest BCUT2D eigenvalue weighted by molar-refractivity contribution is 0.160. The van der Waals surface area contributed by atoms with Crippen LogP contribution in [0.4, 0.5) is 5.82 Å². The van der Waals surface area contributed by atoms with Crippen LogP contribution in [-0.2, 0) is 0 Å². The van der Waals surface area contributed by atoms with Gasteiger partial charge in [0, 0.05) is 12.4 Å². The third-order valence-corrected chi connectivity index (χ3v) is 3.35. The van der Waals surface area contributed by atoms with Crippen LogP contribution < -0.4 is 19.1 Å². The molecule has 0 aliphatic carbocycles. The summed E-state index contributed by atoms with van der Waals surface area (Å²) in [4.78, 5) is 10.5. The van der Waals surface area contributed by atoms with Crippen molar-refractivity contribution >= 4 is 5.82 Å². The normalized spacial score (nSPS) is 14.5. The zero-order chi connectivity index (χ0) is 14.7. The van der Waals surface area contributed by atoms with Crippen LogP contribution in [0.15, 0.2) is 36.7 Å². The second kappa shape index (κ2) is 5.87. The summed E-state index contributed by atoms with van der Waals surface area (Å²) in [6, 6.07) is 7.64. The zero-order valence-corrected chi connectivity index (χ0v) is 12.0. The molecule has 0 saturated carbocycles. The lowest BCUT2D eigenvalue weighted by Gasteiger charge is -2.39. The highest BCUT2D eigenvalue weighted by molar-refractivity contribution is 5.51. The average Bonchev–Trinajstić information content (AvgIpc) is 2.51. The molecule has 2 aromatic rings. The fourth-order valence-electron chi connectivity index (χ4n) is 2.26. The van der Waals surface area contributed by atoms with E-state index in [2.05, 4.69) is 14.9 Å². The van der Waals surface area contributed by atoms with E-state index in [9.17, 15) is 0 Å². The van der Waals surface area contributed by atoms with Crippen molar-refractivity contribution in [1.82, 2.24) is 9.97 Å². The maximum absolute atomic E-state index is 5.94. The molecular formula is C15H17N3O3. The largest absolute Gasteiger partial charge is 0.493 e. The van der Waals surface area contributed by atoms with E-state index in [0.29, 0.717) is 5.88 Å². The van der Waals surface area contributed by atoms with Crippen LogP contribution in [0, 0.1) is 0 Å². The summed E-state index contributed by atoms with van der Waals surface area (Å²) in [6.45, 7) is 1.49. The van der Waals surface area contributed by atoms with Gasteiger partial charge in [-0.1, -0.05) is 12.1 Å². The van der Waals surface area contributed by atoms with Gasteiger partial charge < -0.3 is 19.1 Å². The van der Waals surface area contributed by atoms with Crippen molar-refractivity contribution in [3.63, 3.8) is 0 Å². The predicted octanol–water partition coefficient (Wildman–Crippen LogP) is 1.76. The molecule has 1 aromatic carbocycles. The van der Waals surface area contributed by atoms with E-state index in [1.165, 1.54) is 0 Å². The molecule has 0 amide bonds. The van der Waals surface area contributed by atoms with E-state index >= 15 is 0 Å². The smallest absolute Gasteiger partial charge is 0.257 e. The Balaban J connectivity index is 1.63. The molecule has 6 heteroatoms. The summed E-state index contributed by atoms with van der Waals surface area (Å²) in [5.41, 5.74) is 0. The number of hydrogen-bond donors (Lipinski definition) is 0. The fraction of sp³-hybridized carbons (Fsp3) is 0.333. The van der Waals surface area contributed by atoms with Crippen LogP contribution in [-0.4, -0.2) is 43.4 Å². The Morgan fingerprint density at radius 3 is 2.43 bits per heavy atom. The first-order chi connectivity index (χ1) is 10.3. The Labute approximate surface area is 123 Å². The molecule has 0 radical (unpaired) electrons. The molecule has 0 N–H and O–H groups in total. The SMILES string of the molecule is COc1ccccc1OC1CN(c2nccnc2OC)C1. The summed E-state index contributed by atoms with van der Waals surface area (Å²) in [6.07, 6.45) is 3.38. The Morgan fingerprint density at radius 2 is 1.71 bits per heavy atom. The van der Waals surface area contributed by atoms with Crippen LogP contribution in [0.5, 0.6) is 17.4 Å². The molecule has 110 valence electrons. The number of aromatic nitrogens is 2. The van der Waals surface area contributed by atoms with Gasteiger partial charge in [-0.15, -0.1) is 0 Å². The van der Waals surface area contributed by atoms with Crippen molar-refractivity contribution in [2.75, 3.05) is 32.2 Å². The molecule has 1 saturated heterocycles. The van der Waals surface area contributed by atoms with E-state index in [-0.39, 0.29) is 6.10 Å².